The fourth-order valence-electron chi connectivity index (χ4n) is 8.66. The van der Waals surface area contributed by atoms with Gasteiger partial charge in [-0.15, -0.1) is 69.1 Å². The van der Waals surface area contributed by atoms with Crippen LogP contribution in [0.1, 0.15) is 105 Å². The van der Waals surface area contributed by atoms with Crippen LogP contribution in [0.15, 0.2) is 84.9 Å². The Labute approximate surface area is 434 Å². The number of benzene rings is 4. The summed E-state index contributed by atoms with van der Waals surface area (Å²) in [7, 11) is -5.63. The summed E-state index contributed by atoms with van der Waals surface area (Å²) in [4.78, 5) is 0. The summed E-state index contributed by atoms with van der Waals surface area (Å²) in [5.41, 5.74) is 11.7. The van der Waals surface area contributed by atoms with Gasteiger partial charge in [-0.3, -0.25) is 0 Å². The van der Waals surface area contributed by atoms with Crippen LogP contribution >= 0.6 is 0 Å². The quantitative estimate of drug-likeness (QED) is 0.115. The SMILES string of the molecule is CC(C)(C)c1cc(-c2cc3cc([Si](C)(C)C)c([Si](C)(C)C)cc3[cH-]2)cc(C(C)(C)C)c1.CC(C)(C)c1cc(-c2cc3cc([Si](C)(C)C)c([Si](C)(C)C)cc3[cH-]2)cc(C(C)(C)C)c1.[Cl-].[Cl-].[Hf+4]. The van der Waals surface area contributed by atoms with Crippen molar-refractivity contribution in [2.75, 3.05) is 0 Å². The Morgan fingerprint density at radius 1 is 0.308 bits per heavy atom. The van der Waals surface area contributed by atoms with E-state index in [4.69, 9.17) is 0 Å². The molecular formula is C58H86Cl2HfSi4. The first-order valence-corrected chi connectivity index (χ1v) is 37.6. The third-order valence-electron chi connectivity index (χ3n) is 12.9. The van der Waals surface area contributed by atoms with E-state index in [0.717, 1.165) is 0 Å². The minimum absolute atomic E-state index is 0. The van der Waals surface area contributed by atoms with Crippen molar-refractivity contribution in [3.8, 4) is 22.3 Å². The molecule has 0 spiro atoms. The van der Waals surface area contributed by atoms with Gasteiger partial charge < -0.3 is 24.8 Å². The molecule has 0 heterocycles. The summed E-state index contributed by atoms with van der Waals surface area (Å²) >= 11 is 0. The number of hydrogen-bond donors (Lipinski definition) is 0. The molecule has 0 aliphatic carbocycles. The van der Waals surface area contributed by atoms with E-state index in [-0.39, 0.29) is 72.3 Å². The van der Waals surface area contributed by atoms with Crippen LogP contribution in [0.3, 0.4) is 0 Å². The van der Waals surface area contributed by atoms with Gasteiger partial charge in [0.05, 0.1) is 32.3 Å². The van der Waals surface area contributed by atoms with E-state index >= 15 is 0 Å². The molecule has 0 saturated carbocycles. The van der Waals surface area contributed by atoms with E-state index in [2.05, 4.69) is 247 Å². The minimum atomic E-state index is -1.41. The van der Waals surface area contributed by atoms with E-state index in [1.807, 2.05) is 0 Å². The molecule has 0 atom stereocenters. The van der Waals surface area contributed by atoms with Crippen LogP contribution in [-0.2, 0) is 47.5 Å². The second kappa shape index (κ2) is 20.0. The zero-order chi connectivity index (χ0) is 47.1. The molecule has 0 unspecified atom stereocenters. The standard InChI is InChI=1S/2C29H43Si2.2ClH.Hf/c2*1-28(2,3)24-15-23(16-25(19-24)29(4,5)6)20-13-21-17-26(30(7,8)9)27(31(10,11)12)18-22(21)14-20;;;/h2*13-19H,1-12H3;2*1H;/q2*-1;;;+4/p-2. The summed E-state index contributed by atoms with van der Waals surface area (Å²) in [6, 6.07) is 34.4. The van der Waals surface area contributed by atoms with Crippen LogP contribution in [0.4, 0.5) is 0 Å². The molecule has 0 aliphatic rings. The average Bonchev–Trinajstić information content (AvgIpc) is 3.71. The largest absolute Gasteiger partial charge is 4.00 e. The number of halogens is 2. The Morgan fingerprint density at radius 3 is 0.723 bits per heavy atom. The molecule has 0 N–H and O–H groups in total. The average molecular weight is 1150 g/mol. The van der Waals surface area contributed by atoms with E-state index in [9.17, 15) is 0 Å². The second-order valence-electron chi connectivity index (χ2n) is 27.1. The van der Waals surface area contributed by atoms with Crippen molar-refractivity contribution in [2.45, 2.75) is 183 Å². The zero-order valence-electron chi connectivity index (χ0n) is 45.3. The van der Waals surface area contributed by atoms with Crippen LogP contribution in [0, 0.1) is 0 Å². The van der Waals surface area contributed by atoms with Crippen LogP contribution in [-0.4, -0.2) is 32.3 Å². The van der Waals surface area contributed by atoms with Gasteiger partial charge in [0.25, 0.3) is 0 Å². The Hall–Kier alpha value is -1.58. The van der Waals surface area contributed by atoms with Crippen molar-refractivity contribution in [1.82, 2.24) is 0 Å². The molecule has 0 aromatic heterocycles. The molecule has 0 fully saturated rings. The Balaban J connectivity index is 0.000000427. The van der Waals surface area contributed by atoms with Crippen LogP contribution < -0.4 is 45.6 Å². The maximum Gasteiger partial charge on any atom is 4.00 e. The minimum Gasteiger partial charge on any atom is -1.00 e. The van der Waals surface area contributed by atoms with Crippen LogP contribution in [0.2, 0.25) is 78.6 Å². The van der Waals surface area contributed by atoms with Gasteiger partial charge in [0, 0.05) is 0 Å². The zero-order valence-corrected chi connectivity index (χ0v) is 54.4. The smallest absolute Gasteiger partial charge is 1.00 e. The molecule has 7 heteroatoms. The first-order valence-electron chi connectivity index (χ1n) is 23.6. The topological polar surface area (TPSA) is 0 Å². The molecule has 6 aromatic carbocycles. The van der Waals surface area contributed by atoms with Gasteiger partial charge in [-0.25, -0.2) is 0 Å². The molecule has 65 heavy (non-hydrogen) atoms. The number of fused-ring (bicyclic) bond motifs is 2. The van der Waals surface area contributed by atoms with Gasteiger partial charge in [-0.1, -0.05) is 242 Å². The third-order valence-corrected chi connectivity index (χ3v) is 21.5. The number of hydrogen-bond acceptors (Lipinski definition) is 0. The first kappa shape index (κ1) is 59.5. The van der Waals surface area contributed by atoms with E-state index in [1.165, 1.54) is 66.1 Å². The monoisotopic (exact) mass is 1140 g/mol. The maximum atomic E-state index is 2.54. The Morgan fingerprint density at radius 2 is 0.523 bits per heavy atom. The predicted octanol–water partition coefficient (Wildman–Crippen LogP) is 9.83. The second-order valence-corrected chi connectivity index (χ2v) is 47.3. The molecule has 0 aliphatic heterocycles. The molecule has 352 valence electrons. The van der Waals surface area contributed by atoms with Gasteiger partial charge in [0.1, 0.15) is 0 Å². The summed E-state index contributed by atoms with van der Waals surface area (Å²) in [5.74, 6) is 0. The maximum absolute atomic E-state index is 2.54. The fraction of sp³-hybridized carbons (Fsp3) is 0.483. The van der Waals surface area contributed by atoms with Crippen LogP contribution in [0.25, 0.3) is 43.8 Å². The van der Waals surface area contributed by atoms with Crippen molar-refractivity contribution in [3.05, 3.63) is 107 Å². The first-order chi connectivity index (χ1) is 27.7. The third kappa shape index (κ3) is 14.3. The molecule has 0 saturated heterocycles. The van der Waals surface area contributed by atoms with Crippen LogP contribution in [0.5, 0.6) is 0 Å². The molecule has 0 radical (unpaired) electrons. The van der Waals surface area contributed by atoms with E-state index < -0.39 is 32.3 Å². The number of rotatable bonds is 6. The molecule has 0 bridgehead atoms. The van der Waals surface area contributed by atoms with Crippen molar-refractivity contribution in [3.63, 3.8) is 0 Å². The normalized spacial score (nSPS) is 13.2. The molecule has 6 aromatic rings. The van der Waals surface area contributed by atoms with Crippen molar-refractivity contribution < 1.29 is 50.7 Å². The molecular weight excluding hydrogens is 1060 g/mol. The van der Waals surface area contributed by atoms with Crippen molar-refractivity contribution in [1.29, 1.82) is 0 Å². The fourth-order valence-corrected chi connectivity index (χ4v) is 19.0. The van der Waals surface area contributed by atoms with Gasteiger partial charge in [-0.05, 0) is 43.9 Å². The van der Waals surface area contributed by atoms with Crippen molar-refractivity contribution in [2.24, 2.45) is 0 Å². The summed E-state index contributed by atoms with van der Waals surface area (Å²) < 4.78 is 0. The van der Waals surface area contributed by atoms with Crippen molar-refractivity contribution >= 4 is 74.6 Å². The molecule has 0 amide bonds. The summed E-state index contributed by atoms with van der Waals surface area (Å²) in [6.45, 7) is 57.7. The Bertz CT molecular complexity index is 2240. The van der Waals surface area contributed by atoms with E-state index in [1.54, 1.807) is 20.7 Å². The van der Waals surface area contributed by atoms with Gasteiger partial charge in [0.2, 0.25) is 0 Å². The van der Waals surface area contributed by atoms with Gasteiger partial charge in [0.15, 0.2) is 0 Å². The molecule has 6 rings (SSSR count). The van der Waals surface area contributed by atoms with E-state index in [0.29, 0.717) is 0 Å². The summed E-state index contributed by atoms with van der Waals surface area (Å²) in [5, 5.41) is 12.3. The summed E-state index contributed by atoms with van der Waals surface area (Å²) in [6.07, 6.45) is 0. The predicted molar refractivity (Wildman–Crippen MR) is 297 cm³/mol. The molecule has 0 nitrogen and oxygen atoms in total. The van der Waals surface area contributed by atoms with Gasteiger partial charge in [-0.2, -0.15) is 0 Å². The van der Waals surface area contributed by atoms with Gasteiger partial charge >= 0.3 is 25.8 Å². The Kier molecular flexibility index (Phi) is 18.3.